The zero-order valence-electron chi connectivity index (χ0n) is 7.53. The molecule has 0 amide bonds. The summed E-state index contributed by atoms with van der Waals surface area (Å²) in [7, 11) is 0. The maximum atomic E-state index is 8.64. The van der Waals surface area contributed by atoms with Gasteiger partial charge in [-0.3, -0.25) is 0 Å². The Hall–Kier alpha value is 1.34. The molecule has 0 fully saturated rings. The molecule has 0 saturated heterocycles. The predicted octanol–water partition coefficient (Wildman–Crippen LogP) is 0.0542. The van der Waals surface area contributed by atoms with Gasteiger partial charge in [-0.2, -0.15) is 4.94 Å². The van der Waals surface area contributed by atoms with Gasteiger partial charge < -0.3 is 5.71 Å². The van der Waals surface area contributed by atoms with Gasteiger partial charge in [0.05, 0.1) is 0 Å². The van der Waals surface area contributed by atoms with E-state index in [1.165, 1.54) is 0 Å². The molecule has 0 heterocycles. The molecule has 0 aliphatic rings. The summed E-state index contributed by atoms with van der Waals surface area (Å²) in [5, 5.41) is 3.25. The molecule has 0 radical (unpaired) electrons. The van der Waals surface area contributed by atoms with E-state index in [1.807, 2.05) is 0 Å². The monoisotopic (exact) mass is 242 g/mol. The van der Waals surface area contributed by atoms with Crippen LogP contribution in [0, 0.1) is 9.81 Å². The van der Waals surface area contributed by atoms with Crippen molar-refractivity contribution in [3.05, 3.63) is 9.81 Å². The van der Waals surface area contributed by atoms with Gasteiger partial charge in [-0.05, 0) is 0 Å². The van der Waals surface area contributed by atoms with Crippen LogP contribution in [-0.2, 0) is 4.94 Å². The molecule has 5 nitrogen and oxygen atoms in total. The summed E-state index contributed by atoms with van der Waals surface area (Å²) in [6.07, 6.45) is 0. The van der Waals surface area contributed by atoms with Crippen LogP contribution < -0.4 is 0 Å². The van der Waals surface area contributed by atoms with Gasteiger partial charge in [-0.1, -0.05) is 0 Å². The first-order chi connectivity index (χ1) is 2.41. The van der Waals surface area contributed by atoms with Gasteiger partial charge in [-0.25, -0.2) is 0 Å². The molecular weight excluding hydrogens is 238 g/mol. The number of hydrogen-bond donors (Lipinski definition) is 0. The molecule has 0 aromatic heterocycles. The molecule has 7 heteroatoms. The first kappa shape index (κ1) is 15.8. The van der Waals surface area contributed by atoms with Gasteiger partial charge in [0.15, 0.2) is 10.7 Å². The van der Waals surface area contributed by atoms with Crippen molar-refractivity contribution in [1.82, 2.24) is 0 Å². The Labute approximate surface area is 102 Å². The van der Waals surface area contributed by atoms with E-state index in [0.717, 1.165) is 0 Å². The van der Waals surface area contributed by atoms with Crippen molar-refractivity contribution in [1.29, 1.82) is 0 Å². The van der Waals surface area contributed by atoms with Crippen LogP contribution in [0.15, 0.2) is 10.7 Å². The second-order valence-corrected chi connectivity index (χ2v) is 0.231. The van der Waals surface area contributed by atoms with E-state index in [0.29, 0.717) is 0 Å². The quantitative estimate of drug-likeness (QED) is 0.390. The summed E-state index contributed by atoms with van der Waals surface area (Å²) in [5.74, 6) is 0. The topological polar surface area (TPSA) is 68.1 Å². The SMILES string of the molecule is O=NON=O.[Ba+2].[H-].[H-].[H-].[H-].[Mg+2]. The number of hydrogen-bond acceptors (Lipinski definition) is 5. The fraction of sp³-hybridized carbons (Fsp3) is 0. The van der Waals surface area contributed by atoms with E-state index < -0.39 is 0 Å². The minimum absolute atomic E-state index is 0. The fourth-order valence-corrected chi connectivity index (χ4v) is 0.0136. The van der Waals surface area contributed by atoms with E-state index in [9.17, 15) is 0 Å². The summed E-state index contributed by atoms with van der Waals surface area (Å²) >= 11 is 0. The van der Waals surface area contributed by atoms with Crippen molar-refractivity contribution in [3.63, 3.8) is 0 Å². The van der Waals surface area contributed by atoms with E-state index in [4.69, 9.17) is 9.81 Å². The van der Waals surface area contributed by atoms with Gasteiger partial charge in [-0.15, -0.1) is 9.81 Å². The van der Waals surface area contributed by atoms with Crippen LogP contribution in [0.4, 0.5) is 0 Å². The molecule has 0 aromatic carbocycles. The third kappa shape index (κ3) is 18.8. The van der Waals surface area contributed by atoms with Crippen molar-refractivity contribution >= 4 is 71.9 Å². The second-order valence-electron chi connectivity index (χ2n) is 0.231. The summed E-state index contributed by atoms with van der Waals surface area (Å²) < 4.78 is 0. The zero-order chi connectivity index (χ0) is 4.12. The average Bonchev–Trinajstić information content (AvgIpc) is 1.41. The van der Waals surface area contributed by atoms with Crippen LogP contribution in [-0.4, -0.2) is 71.9 Å². The van der Waals surface area contributed by atoms with E-state index in [-0.39, 0.29) is 77.6 Å². The van der Waals surface area contributed by atoms with E-state index in [2.05, 4.69) is 4.94 Å². The van der Waals surface area contributed by atoms with Crippen LogP contribution in [0.25, 0.3) is 0 Å². The van der Waals surface area contributed by atoms with Crippen LogP contribution in [0.1, 0.15) is 5.71 Å². The molecule has 36 valence electrons. The van der Waals surface area contributed by atoms with Crippen LogP contribution >= 0.6 is 0 Å². The zero-order valence-corrected chi connectivity index (χ0v) is 9.39. The molecule has 0 saturated carbocycles. The molecule has 0 rings (SSSR count). The first-order valence-electron chi connectivity index (χ1n) is 0.730. The molecule has 0 aliphatic carbocycles. The molecular formula is H4BaMgN2O3. The standard InChI is InChI=1S/Ba.Mg.N2O3.4H/c;;3-1-5-2-4;;;;/q2*+2;;4*-1. The maximum Gasteiger partial charge on any atom is 2.00 e. The molecule has 0 aliphatic heterocycles. The molecule has 0 spiro atoms. The third-order valence-electron chi connectivity index (χ3n) is 0.0667. The van der Waals surface area contributed by atoms with Gasteiger partial charge in [0, 0.05) is 0 Å². The van der Waals surface area contributed by atoms with Crippen LogP contribution in [0.5, 0.6) is 0 Å². The Morgan fingerprint density at radius 2 is 1.57 bits per heavy atom. The minimum Gasteiger partial charge on any atom is -1.00 e. The number of rotatable bonds is 2. The van der Waals surface area contributed by atoms with Gasteiger partial charge in [0.25, 0.3) is 0 Å². The van der Waals surface area contributed by atoms with Crippen molar-refractivity contribution in [2.45, 2.75) is 0 Å². The maximum absolute atomic E-state index is 8.64. The molecule has 0 unspecified atom stereocenters. The Bertz CT molecular complexity index is 52.6. The second kappa shape index (κ2) is 15.7. The van der Waals surface area contributed by atoms with Gasteiger partial charge in [0.1, 0.15) is 0 Å². The van der Waals surface area contributed by atoms with Gasteiger partial charge >= 0.3 is 71.9 Å². The largest absolute Gasteiger partial charge is 2.00 e. The first-order valence-corrected chi connectivity index (χ1v) is 0.730. The van der Waals surface area contributed by atoms with Crippen LogP contribution in [0.3, 0.4) is 0 Å². The normalized spacial score (nSPS) is 4.00. The molecule has 0 bridgehead atoms. The summed E-state index contributed by atoms with van der Waals surface area (Å²) in [4.78, 5) is 20.2. The molecule has 0 atom stereocenters. The van der Waals surface area contributed by atoms with Crippen molar-refractivity contribution < 1.29 is 10.6 Å². The Kier molecular flexibility index (Phi) is 35.3. The average molecular weight is 242 g/mol. The molecule has 7 heavy (non-hydrogen) atoms. The van der Waals surface area contributed by atoms with Crippen LogP contribution in [0.2, 0.25) is 0 Å². The summed E-state index contributed by atoms with van der Waals surface area (Å²) in [5.41, 5.74) is 0. The van der Waals surface area contributed by atoms with Crippen molar-refractivity contribution in [3.8, 4) is 0 Å². The Morgan fingerprint density at radius 1 is 1.29 bits per heavy atom. The Morgan fingerprint density at radius 3 is 1.57 bits per heavy atom. The van der Waals surface area contributed by atoms with E-state index in [1.54, 1.807) is 10.7 Å². The van der Waals surface area contributed by atoms with E-state index >= 15 is 0 Å². The van der Waals surface area contributed by atoms with Crippen molar-refractivity contribution in [2.75, 3.05) is 0 Å². The minimum atomic E-state index is 0. The summed E-state index contributed by atoms with van der Waals surface area (Å²) in [6, 6.07) is 0. The Balaban J connectivity index is -0.00000000533. The van der Waals surface area contributed by atoms with Crippen molar-refractivity contribution in [2.24, 2.45) is 10.7 Å². The third-order valence-corrected chi connectivity index (χ3v) is 0.0667. The predicted molar refractivity (Wildman–Crippen MR) is 28.6 cm³/mol. The number of nitrogens with zero attached hydrogens (tertiary/aromatic N) is 2. The smallest absolute Gasteiger partial charge is 1.00 e. The van der Waals surface area contributed by atoms with Gasteiger partial charge in [0.2, 0.25) is 0 Å². The summed E-state index contributed by atoms with van der Waals surface area (Å²) in [6.45, 7) is 0. The molecule has 0 aromatic rings. The molecule has 0 N–H and O–H groups in total. The fourth-order valence-electron chi connectivity index (χ4n) is 0.0136.